The lowest BCUT2D eigenvalue weighted by molar-refractivity contribution is 0.961. The first-order chi connectivity index (χ1) is 12.0. The van der Waals surface area contributed by atoms with Crippen LogP contribution in [-0.2, 0) is 6.42 Å². The molecule has 0 unspecified atom stereocenters. The maximum atomic E-state index is 2.54. The van der Waals surface area contributed by atoms with E-state index in [0.717, 1.165) is 6.42 Å². The molecule has 1 heteroatoms. The van der Waals surface area contributed by atoms with E-state index in [1.165, 1.54) is 45.5 Å². The number of benzene rings is 3. The fourth-order valence-corrected chi connectivity index (χ4v) is 5.75. The SMILES string of the molecule is CCC/C=C(\c1c(CC)c2ccccc2c2ccccc12)[Si](C)(C)C. The van der Waals surface area contributed by atoms with Crippen LogP contribution in [-0.4, -0.2) is 8.07 Å². The van der Waals surface area contributed by atoms with Gasteiger partial charge in [-0.1, -0.05) is 99.7 Å². The van der Waals surface area contributed by atoms with Crippen LogP contribution in [0.4, 0.5) is 0 Å². The minimum atomic E-state index is -1.46. The number of hydrogen-bond donors (Lipinski definition) is 0. The van der Waals surface area contributed by atoms with E-state index >= 15 is 0 Å². The standard InChI is InChI=1S/C24H30Si/c1-6-8-17-23(25(3,4)5)24-18(7-2)19-13-9-10-14-20(19)21-15-11-12-16-22(21)24/h9-17H,6-8H2,1-5H3/b23-17+. The predicted octanol–water partition coefficient (Wildman–Crippen LogP) is 7.62. The zero-order valence-electron chi connectivity index (χ0n) is 16.3. The van der Waals surface area contributed by atoms with Crippen LogP contribution in [0.2, 0.25) is 19.6 Å². The van der Waals surface area contributed by atoms with Gasteiger partial charge in [0.15, 0.2) is 0 Å². The average molecular weight is 347 g/mol. The molecular formula is C24H30Si. The molecule has 0 N–H and O–H groups in total. The molecule has 0 aromatic heterocycles. The highest BCUT2D eigenvalue weighted by Gasteiger charge is 2.25. The van der Waals surface area contributed by atoms with Crippen LogP contribution in [0.25, 0.3) is 26.7 Å². The van der Waals surface area contributed by atoms with E-state index < -0.39 is 8.07 Å². The summed E-state index contributed by atoms with van der Waals surface area (Å²) < 4.78 is 0. The number of allylic oxidation sites excluding steroid dienone is 1. The fraction of sp³-hybridized carbons (Fsp3) is 0.333. The van der Waals surface area contributed by atoms with Crippen LogP contribution >= 0.6 is 0 Å². The maximum Gasteiger partial charge on any atom is 0.0780 e. The zero-order valence-corrected chi connectivity index (χ0v) is 17.3. The van der Waals surface area contributed by atoms with Gasteiger partial charge in [-0.3, -0.25) is 0 Å². The smallest absolute Gasteiger partial charge is 0.0780 e. The largest absolute Gasteiger partial charge is 0.0847 e. The normalized spacial score (nSPS) is 12.9. The lowest BCUT2D eigenvalue weighted by atomic mass is 9.90. The summed E-state index contributed by atoms with van der Waals surface area (Å²) in [5.74, 6) is 0. The molecular weight excluding hydrogens is 316 g/mol. The summed E-state index contributed by atoms with van der Waals surface area (Å²) in [6, 6.07) is 17.9. The molecule has 0 radical (unpaired) electrons. The summed E-state index contributed by atoms with van der Waals surface area (Å²) >= 11 is 0. The molecule has 0 nitrogen and oxygen atoms in total. The third-order valence-corrected chi connectivity index (χ3v) is 7.18. The lowest BCUT2D eigenvalue weighted by Crippen LogP contribution is -2.24. The number of aryl methyl sites for hydroxylation is 1. The highest BCUT2D eigenvalue weighted by molar-refractivity contribution is 6.94. The van der Waals surface area contributed by atoms with Crippen LogP contribution in [0.3, 0.4) is 0 Å². The third kappa shape index (κ3) is 3.30. The molecule has 0 amide bonds. The Morgan fingerprint density at radius 1 is 0.800 bits per heavy atom. The monoisotopic (exact) mass is 346 g/mol. The summed E-state index contributed by atoms with van der Waals surface area (Å²) in [6.07, 6.45) is 6.00. The Balaban J connectivity index is 2.51. The van der Waals surface area contributed by atoms with Gasteiger partial charge in [0.2, 0.25) is 0 Å². The first-order valence-corrected chi connectivity index (χ1v) is 13.1. The van der Waals surface area contributed by atoms with Gasteiger partial charge in [0.25, 0.3) is 0 Å². The van der Waals surface area contributed by atoms with Crippen molar-refractivity contribution in [3.8, 4) is 0 Å². The second-order valence-corrected chi connectivity index (χ2v) is 13.0. The highest BCUT2D eigenvalue weighted by atomic mass is 28.3. The van der Waals surface area contributed by atoms with Gasteiger partial charge in [-0.15, -0.1) is 0 Å². The molecule has 3 rings (SSSR count). The molecule has 0 saturated carbocycles. The van der Waals surface area contributed by atoms with Crippen molar-refractivity contribution >= 4 is 34.8 Å². The summed E-state index contributed by atoms with van der Waals surface area (Å²) in [5.41, 5.74) is 3.06. The van der Waals surface area contributed by atoms with Gasteiger partial charge in [-0.25, -0.2) is 0 Å². The Bertz CT molecular complexity index is 926. The second-order valence-electron chi connectivity index (χ2n) is 7.95. The Morgan fingerprint density at radius 2 is 1.32 bits per heavy atom. The van der Waals surface area contributed by atoms with Crippen LogP contribution in [0.5, 0.6) is 0 Å². The van der Waals surface area contributed by atoms with Crippen molar-refractivity contribution in [3.63, 3.8) is 0 Å². The molecule has 3 aromatic rings. The molecule has 0 spiro atoms. The van der Waals surface area contributed by atoms with Crippen LogP contribution in [0.15, 0.2) is 54.6 Å². The summed E-state index contributed by atoms with van der Waals surface area (Å²) in [7, 11) is -1.46. The van der Waals surface area contributed by atoms with E-state index in [9.17, 15) is 0 Å². The van der Waals surface area contributed by atoms with E-state index in [-0.39, 0.29) is 0 Å². The number of rotatable bonds is 5. The molecule has 0 saturated heterocycles. The predicted molar refractivity (Wildman–Crippen MR) is 117 cm³/mol. The first-order valence-electron chi connectivity index (χ1n) is 9.62. The van der Waals surface area contributed by atoms with Crippen molar-refractivity contribution in [2.24, 2.45) is 0 Å². The maximum absolute atomic E-state index is 2.54. The number of hydrogen-bond acceptors (Lipinski definition) is 0. The Labute approximate surface area is 153 Å². The van der Waals surface area contributed by atoms with Crippen molar-refractivity contribution < 1.29 is 0 Å². The minimum Gasteiger partial charge on any atom is -0.0847 e. The van der Waals surface area contributed by atoms with E-state index in [1.807, 2.05) is 0 Å². The number of unbranched alkanes of at least 4 members (excludes halogenated alkanes) is 1. The van der Waals surface area contributed by atoms with Gasteiger partial charge in [0.05, 0.1) is 8.07 Å². The van der Waals surface area contributed by atoms with Crippen LogP contribution < -0.4 is 0 Å². The molecule has 0 aliphatic rings. The van der Waals surface area contributed by atoms with Crippen molar-refractivity contribution in [3.05, 3.63) is 65.7 Å². The molecule has 3 aromatic carbocycles. The van der Waals surface area contributed by atoms with Gasteiger partial charge >= 0.3 is 0 Å². The average Bonchev–Trinajstić information content (AvgIpc) is 2.61. The molecule has 0 atom stereocenters. The van der Waals surface area contributed by atoms with E-state index in [4.69, 9.17) is 0 Å². The van der Waals surface area contributed by atoms with E-state index in [1.54, 1.807) is 5.20 Å². The van der Waals surface area contributed by atoms with Gasteiger partial charge in [-0.2, -0.15) is 0 Å². The van der Waals surface area contributed by atoms with E-state index in [2.05, 4.69) is 88.1 Å². The molecule has 0 bridgehead atoms. The van der Waals surface area contributed by atoms with Crippen molar-refractivity contribution in [1.29, 1.82) is 0 Å². The Hall–Kier alpha value is -1.86. The fourth-order valence-electron chi connectivity index (χ4n) is 3.96. The van der Waals surface area contributed by atoms with Crippen molar-refractivity contribution in [2.45, 2.75) is 52.8 Å². The van der Waals surface area contributed by atoms with Gasteiger partial charge in [-0.05, 0) is 45.5 Å². The van der Waals surface area contributed by atoms with E-state index in [0.29, 0.717) is 0 Å². The first kappa shape index (κ1) is 17.9. The number of fused-ring (bicyclic) bond motifs is 3. The summed E-state index contributed by atoms with van der Waals surface area (Å²) in [6.45, 7) is 12.0. The zero-order chi connectivity index (χ0) is 18.0. The third-order valence-electron chi connectivity index (χ3n) is 5.11. The molecule has 0 aliphatic heterocycles. The molecule has 130 valence electrons. The molecule has 0 fully saturated rings. The highest BCUT2D eigenvalue weighted by Crippen LogP contribution is 2.40. The Morgan fingerprint density at radius 3 is 1.84 bits per heavy atom. The topological polar surface area (TPSA) is 0 Å². The molecule has 0 heterocycles. The molecule has 0 aliphatic carbocycles. The van der Waals surface area contributed by atoms with Crippen LogP contribution in [0.1, 0.15) is 37.8 Å². The quantitative estimate of drug-likeness (QED) is 0.329. The minimum absolute atomic E-state index is 1.08. The van der Waals surface area contributed by atoms with Crippen molar-refractivity contribution in [2.75, 3.05) is 0 Å². The Kier molecular flexibility index (Phi) is 5.15. The summed E-state index contributed by atoms with van der Waals surface area (Å²) in [5, 5.41) is 7.28. The van der Waals surface area contributed by atoms with Gasteiger partial charge in [0, 0.05) is 0 Å². The van der Waals surface area contributed by atoms with Gasteiger partial charge < -0.3 is 0 Å². The lowest BCUT2D eigenvalue weighted by Gasteiger charge is -2.27. The second kappa shape index (κ2) is 7.17. The molecule has 25 heavy (non-hydrogen) atoms. The van der Waals surface area contributed by atoms with Gasteiger partial charge in [0.1, 0.15) is 0 Å². The summed E-state index contributed by atoms with van der Waals surface area (Å²) in [4.78, 5) is 0. The van der Waals surface area contributed by atoms with Crippen molar-refractivity contribution in [1.82, 2.24) is 0 Å². The van der Waals surface area contributed by atoms with Crippen LogP contribution in [0, 0.1) is 0 Å².